The van der Waals surface area contributed by atoms with Crippen molar-refractivity contribution < 1.29 is 10.0 Å². The monoisotopic (exact) mass is 250 g/mol. The summed E-state index contributed by atoms with van der Waals surface area (Å²) in [5, 5.41) is 20.1. The van der Waals surface area contributed by atoms with Crippen molar-refractivity contribution in [1.29, 1.82) is 0 Å². The Morgan fingerprint density at radius 3 is 2.21 bits per heavy atom. The third-order valence-corrected chi connectivity index (χ3v) is 2.87. The van der Waals surface area contributed by atoms with E-state index in [9.17, 15) is 0 Å². The Bertz CT molecular complexity index is 471. The molecular weight excluding hydrogens is 243 g/mol. The Hall–Kier alpha value is -0.835. The van der Waals surface area contributed by atoms with Crippen molar-refractivity contribution in [2.75, 3.05) is 0 Å². The Morgan fingerprint density at radius 2 is 1.57 bits per heavy atom. The molecule has 2 rings (SSSR count). The molecule has 70 valence electrons. The molecule has 2 N–H and O–H groups in total. The lowest BCUT2D eigenvalue weighted by molar-refractivity contribution is 0.426. The maximum atomic E-state index is 9.15. The third kappa shape index (κ3) is 1.56. The van der Waals surface area contributed by atoms with Crippen molar-refractivity contribution in [1.82, 2.24) is 0 Å². The molecule has 0 aromatic heterocycles. The number of fused-ring (bicyclic) bond motifs is 1. The zero-order valence-corrected chi connectivity index (χ0v) is 8.90. The van der Waals surface area contributed by atoms with Gasteiger partial charge >= 0.3 is 7.12 Å². The van der Waals surface area contributed by atoms with Gasteiger partial charge in [-0.25, -0.2) is 0 Å². The number of halogens is 1. The van der Waals surface area contributed by atoms with Gasteiger partial charge < -0.3 is 10.0 Å². The molecule has 14 heavy (non-hydrogen) atoms. The maximum Gasteiger partial charge on any atom is 0.489 e. The minimum Gasteiger partial charge on any atom is -0.423 e. The minimum atomic E-state index is -1.42. The van der Waals surface area contributed by atoms with Gasteiger partial charge in [0.05, 0.1) is 0 Å². The summed E-state index contributed by atoms with van der Waals surface area (Å²) in [6.45, 7) is 0. The summed E-state index contributed by atoms with van der Waals surface area (Å²) < 4.78 is 0.956. The van der Waals surface area contributed by atoms with Gasteiger partial charge in [0.15, 0.2) is 0 Å². The molecule has 0 aliphatic heterocycles. The van der Waals surface area contributed by atoms with E-state index < -0.39 is 7.12 Å². The van der Waals surface area contributed by atoms with Crippen LogP contribution in [0.5, 0.6) is 0 Å². The fourth-order valence-corrected chi connectivity index (χ4v) is 1.99. The molecule has 0 bridgehead atoms. The molecule has 4 heteroatoms. The van der Waals surface area contributed by atoms with Gasteiger partial charge in [-0.15, -0.1) is 0 Å². The van der Waals surface area contributed by atoms with Crippen LogP contribution in [0, 0.1) is 0 Å². The van der Waals surface area contributed by atoms with Crippen LogP contribution in [0.2, 0.25) is 0 Å². The summed E-state index contributed by atoms with van der Waals surface area (Å²) in [6.07, 6.45) is 0. The predicted octanol–water partition coefficient (Wildman–Crippen LogP) is 1.28. The van der Waals surface area contributed by atoms with E-state index in [1.807, 2.05) is 30.3 Å². The van der Waals surface area contributed by atoms with Crippen molar-refractivity contribution in [2.24, 2.45) is 0 Å². The largest absolute Gasteiger partial charge is 0.489 e. The summed E-state index contributed by atoms with van der Waals surface area (Å²) in [7, 11) is -1.42. The van der Waals surface area contributed by atoms with Crippen molar-refractivity contribution in [3.63, 3.8) is 0 Å². The van der Waals surface area contributed by atoms with Crippen LogP contribution < -0.4 is 5.46 Å². The average molecular weight is 251 g/mol. The van der Waals surface area contributed by atoms with E-state index in [1.54, 1.807) is 6.07 Å². The first-order valence-corrected chi connectivity index (χ1v) is 5.03. The SMILES string of the molecule is OB(O)c1ccc(Br)c2ccccc12. The first-order chi connectivity index (χ1) is 6.70. The number of hydrogen-bond acceptors (Lipinski definition) is 2. The average Bonchev–Trinajstić information content (AvgIpc) is 2.18. The molecule has 0 unspecified atom stereocenters. The fourth-order valence-electron chi connectivity index (χ4n) is 1.51. The van der Waals surface area contributed by atoms with Gasteiger partial charge in [0.25, 0.3) is 0 Å². The first kappa shape index (κ1) is 9.71. The lowest BCUT2D eigenvalue weighted by atomic mass is 9.77. The second kappa shape index (κ2) is 3.73. The summed E-state index contributed by atoms with van der Waals surface area (Å²) in [4.78, 5) is 0. The van der Waals surface area contributed by atoms with Gasteiger partial charge in [0.2, 0.25) is 0 Å². The van der Waals surface area contributed by atoms with Crippen molar-refractivity contribution in [3.8, 4) is 0 Å². The fraction of sp³-hybridized carbons (Fsp3) is 0. The molecule has 0 spiro atoms. The summed E-state index contributed by atoms with van der Waals surface area (Å²) in [5.74, 6) is 0. The van der Waals surface area contributed by atoms with Crippen LogP contribution in [0.15, 0.2) is 40.9 Å². The number of benzene rings is 2. The van der Waals surface area contributed by atoms with Crippen molar-refractivity contribution >= 4 is 39.3 Å². The van der Waals surface area contributed by atoms with Crippen LogP contribution in [-0.2, 0) is 0 Å². The van der Waals surface area contributed by atoms with E-state index in [-0.39, 0.29) is 0 Å². The van der Waals surface area contributed by atoms with E-state index >= 15 is 0 Å². The normalized spacial score (nSPS) is 10.5. The lowest BCUT2D eigenvalue weighted by Gasteiger charge is -2.06. The topological polar surface area (TPSA) is 40.5 Å². The van der Waals surface area contributed by atoms with Gasteiger partial charge in [-0.05, 0) is 22.3 Å². The number of hydrogen-bond donors (Lipinski definition) is 2. The predicted molar refractivity (Wildman–Crippen MR) is 61.5 cm³/mol. The van der Waals surface area contributed by atoms with Crippen LogP contribution in [-0.4, -0.2) is 17.2 Å². The summed E-state index contributed by atoms with van der Waals surface area (Å²) in [6, 6.07) is 11.1. The molecule has 0 saturated carbocycles. The highest BCUT2D eigenvalue weighted by molar-refractivity contribution is 9.10. The minimum absolute atomic E-state index is 0.531. The van der Waals surface area contributed by atoms with E-state index in [2.05, 4.69) is 15.9 Å². The second-order valence-electron chi connectivity index (χ2n) is 3.06. The van der Waals surface area contributed by atoms with E-state index in [1.165, 1.54) is 0 Å². The van der Waals surface area contributed by atoms with Crippen molar-refractivity contribution in [3.05, 3.63) is 40.9 Å². The van der Waals surface area contributed by atoms with E-state index in [0.717, 1.165) is 15.2 Å². The highest BCUT2D eigenvalue weighted by Gasteiger charge is 2.14. The second-order valence-corrected chi connectivity index (χ2v) is 3.91. The van der Waals surface area contributed by atoms with Crippen molar-refractivity contribution in [2.45, 2.75) is 0 Å². The standard InChI is InChI=1S/C10H8BBrO2/c12-10-6-5-9(11(13)14)7-3-1-2-4-8(7)10/h1-6,13-14H. The number of rotatable bonds is 1. The smallest absolute Gasteiger partial charge is 0.423 e. The zero-order chi connectivity index (χ0) is 10.1. The molecule has 0 fully saturated rings. The first-order valence-electron chi connectivity index (χ1n) is 4.23. The third-order valence-electron chi connectivity index (χ3n) is 2.18. The molecule has 0 heterocycles. The van der Waals surface area contributed by atoms with Crippen LogP contribution in [0.25, 0.3) is 10.8 Å². The van der Waals surface area contributed by atoms with Gasteiger partial charge in [-0.2, -0.15) is 0 Å². The maximum absolute atomic E-state index is 9.15. The van der Waals surface area contributed by atoms with Crippen LogP contribution >= 0.6 is 15.9 Å². The molecular formula is C10H8BBrO2. The van der Waals surface area contributed by atoms with Crippen LogP contribution in [0.3, 0.4) is 0 Å². The molecule has 2 aromatic rings. The highest BCUT2D eigenvalue weighted by Crippen LogP contribution is 2.21. The lowest BCUT2D eigenvalue weighted by Crippen LogP contribution is -2.30. The molecule has 0 aliphatic rings. The summed E-state index contributed by atoms with van der Waals surface area (Å²) >= 11 is 3.42. The molecule has 0 atom stereocenters. The Morgan fingerprint density at radius 1 is 0.929 bits per heavy atom. The Balaban J connectivity index is 2.82. The summed E-state index contributed by atoms with van der Waals surface area (Å²) in [5.41, 5.74) is 0.531. The van der Waals surface area contributed by atoms with E-state index in [4.69, 9.17) is 10.0 Å². The van der Waals surface area contributed by atoms with Gasteiger partial charge in [-0.1, -0.05) is 46.3 Å². The Kier molecular flexibility index (Phi) is 2.59. The van der Waals surface area contributed by atoms with Gasteiger partial charge in [0.1, 0.15) is 0 Å². The highest BCUT2D eigenvalue weighted by atomic mass is 79.9. The Labute approximate surface area is 90.5 Å². The van der Waals surface area contributed by atoms with Crippen LogP contribution in [0.4, 0.5) is 0 Å². The molecule has 0 saturated heterocycles. The van der Waals surface area contributed by atoms with Gasteiger partial charge in [0, 0.05) is 4.47 Å². The molecule has 2 aromatic carbocycles. The molecule has 2 nitrogen and oxygen atoms in total. The quantitative estimate of drug-likeness (QED) is 0.749. The molecule has 0 radical (unpaired) electrons. The zero-order valence-electron chi connectivity index (χ0n) is 7.31. The van der Waals surface area contributed by atoms with E-state index in [0.29, 0.717) is 5.46 Å². The van der Waals surface area contributed by atoms with Gasteiger partial charge in [-0.3, -0.25) is 0 Å². The van der Waals surface area contributed by atoms with Crippen LogP contribution in [0.1, 0.15) is 0 Å². The molecule has 0 aliphatic carbocycles. The molecule has 0 amide bonds.